The summed E-state index contributed by atoms with van der Waals surface area (Å²) >= 11 is 12.1. The third-order valence-corrected chi connectivity index (χ3v) is 4.03. The monoisotopic (exact) mass is 404 g/mol. The summed E-state index contributed by atoms with van der Waals surface area (Å²) in [5.41, 5.74) is 1.08. The molecule has 0 aromatic heterocycles. The van der Waals surface area contributed by atoms with Crippen LogP contribution in [-0.4, -0.2) is 26.1 Å². The van der Waals surface area contributed by atoms with Crippen molar-refractivity contribution in [3.63, 3.8) is 0 Å². The van der Waals surface area contributed by atoms with Gasteiger partial charge in [0.05, 0.1) is 29.8 Å². The van der Waals surface area contributed by atoms with E-state index in [9.17, 15) is 14.9 Å². The van der Waals surface area contributed by atoms with Crippen LogP contribution in [-0.2, 0) is 9.53 Å². The minimum absolute atomic E-state index is 0.149. The molecule has 138 valence electrons. The molecule has 0 aliphatic heterocycles. The summed E-state index contributed by atoms with van der Waals surface area (Å²) in [5, 5.41) is 12.4. The first-order chi connectivity index (χ1) is 12.9. The molecule has 0 bridgehead atoms. The van der Waals surface area contributed by atoms with Crippen LogP contribution in [0.25, 0.3) is 6.08 Å². The van der Waals surface area contributed by atoms with Gasteiger partial charge in [-0.15, -0.1) is 0 Å². The molecule has 0 radical (unpaired) electrons. The number of amides is 1. The normalized spacial score (nSPS) is 10.7. The predicted octanol–water partition coefficient (Wildman–Crippen LogP) is 4.33. The molecule has 1 amide bonds. The number of esters is 1. The number of hydrogen-bond acceptors (Lipinski definition) is 5. The van der Waals surface area contributed by atoms with Crippen LogP contribution in [0.2, 0.25) is 10.0 Å². The molecular weight excluding hydrogens is 391 g/mol. The van der Waals surface area contributed by atoms with Gasteiger partial charge in [-0.05, 0) is 48.0 Å². The lowest BCUT2D eigenvalue weighted by Gasteiger charge is -2.08. The van der Waals surface area contributed by atoms with Gasteiger partial charge in [-0.2, -0.15) is 5.26 Å². The molecule has 0 saturated carbocycles. The Morgan fingerprint density at radius 3 is 2.19 bits per heavy atom. The summed E-state index contributed by atoms with van der Waals surface area (Å²) in [6.07, 6.45) is 1.36. The Balaban J connectivity index is 2.22. The number of halogens is 2. The second-order valence-electron chi connectivity index (χ2n) is 5.21. The van der Waals surface area contributed by atoms with E-state index in [1.165, 1.54) is 56.7 Å². The maximum absolute atomic E-state index is 12.3. The predicted molar refractivity (Wildman–Crippen MR) is 103 cm³/mol. The zero-order valence-electron chi connectivity index (χ0n) is 14.4. The Morgan fingerprint density at radius 1 is 1.11 bits per heavy atom. The van der Waals surface area contributed by atoms with Gasteiger partial charge < -0.3 is 14.8 Å². The molecule has 6 nitrogen and oxygen atoms in total. The molecule has 27 heavy (non-hydrogen) atoms. The highest BCUT2D eigenvalue weighted by Crippen LogP contribution is 2.34. The average Bonchev–Trinajstić information content (AvgIpc) is 2.65. The quantitative estimate of drug-likeness (QED) is 0.454. The van der Waals surface area contributed by atoms with Crippen LogP contribution in [0.1, 0.15) is 15.9 Å². The van der Waals surface area contributed by atoms with Gasteiger partial charge in [-0.3, -0.25) is 4.79 Å². The molecular formula is C19H14Cl2N2O4. The molecule has 0 aliphatic rings. The molecule has 0 unspecified atom stereocenters. The van der Waals surface area contributed by atoms with Crippen LogP contribution < -0.4 is 10.1 Å². The maximum atomic E-state index is 12.3. The number of carbonyl (C=O) groups is 2. The lowest BCUT2D eigenvalue weighted by Crippen LogP contribution is -2.13. The van der Waals surface area contributed by atoms with Gasteiger partial charge in [0.25, 0.3) is 5.91 Å². The summed E-state index contributed by atoms with van der Waals surface area (Å²) in [6, 6.07) is 11.0. The van der Waals surface area contributed by atoms with Crippen LogP contribution in [0, 0.1) is 11.3 Å². The number of nitrogens with zero attached hydrogens (tertiary/aromatic N) is 1. The summed E-state index contributed by atoms with van der Waals surface area (Å²) < 4.78 is 9.67. The fourth-order valence-corrected chi connectivity index (χ4v) is 2.84. The van der Waals surface area contributed by atoms with Crippen molar-refractivity contribution in [3.05, 3.63) is 63.1 Å². The molecule has 8 heteroatoms. The van der Waals surface area contributed by atoms with Crippen molar-refractivity contribution in [3.8, 4) is 11.8 Å². The number of methoxy groups -OCH3 is 2. The third kappa shape index (κ3) is 5.00. The van der Waals surface area contributed by atoms with Crippen LogP contribution in [0.3, 0.4) is 0 Å². The van der Waals surface area contributed by atoms with E-state index < -0.39 is 11.9 Å². The van der Waals surface area contributed by atoms with E-state index >= 15 is 0 Å². The molecule has 0 spiro atoms. The van der Waals surface area contributed by atoms with E-state index in [-0.39, 0.29) is 15.6 Å². The molecule has 0 heterocycles. The minimum atomic E-state index is -0.619. The SMILES string of the molecule is COC(=O)c1ccc(NC(=O)/C(C#N)=C/c2cc(Cl)c(OC)c(Cl)c2)cc1. The van der Waals surface area contributed by atoms with Gasteiger partial charge in [-0.1, -0.05) is 23.2 Å². The first-order valence-corrected chi connectivity index (χ1v) is 8.29. The Hall–Kier alpha value is -3.01. The second kappa shape index (κ2) is 9.08. The molecule has 0 fully saturated rings. The summed E-state index contributed by atoms with van der Waals surface area (Å²) in [6.45, 7) is 0. The number of benzene rings is 2. The van der Waals surface area contributed by atoms with Crippen molar-refractivity contribution < 1.29 is 19.1 Å². The van der Waals surface area contributed by atoms with E-state index in [4.69, 9.17) is 27.9 Å². The van der Waals surface area contributed by atoms with Crippen molar-refractivity contribution in [2.45, 2.75) is 0 Å². The van der Waals surface area contributed by atoms with Crippen LogP contribution in [0.15, 0.2) is 42.0 Å². The average molecular weight is 405 g/mol. The minimum Gasteiger partial charge on any atom is -0.494 e. The largest absolute Gasteiger partial charge is 0.494 e. The first kappa shape index (κ1) is 20.3. The van der Waals surface area contributed by atoms with Crippen LogP contribution in [0.4, 0.5) is 5.69 Å². The highest BCUT2D eigenvalue weighted by atomic mass is 35.5. The Morgan fingerprint density at radius 2 is 1.70 bits per heavy atom. The maximum Gasteiger partial charge on any atom is 0.337 e. The second-order valence-corrected chi connectivity index (χ2v) is 6.03. The van der Waals surface area contributed by atoms with Crippen molar-refractivity contribution in [1.29, 1.82) is 5.26 Å². The number of carbonyl (C=O) groups excluding carboxylic acids is 2. The Kier molecular flexibility index (Phi) is 6.83. The molecule has 0 saturated heterocycles. The van der Waals surface area contributed by atoms with Gasteiger partial charge in [0, 0.05) is 5.69 Å². The standard InChI is InChI=1S/C19H14Cl2N2O4/c1-26-17-15(20)8-11(9-16(17)21)7-13(10-22)18(24)23-14-5-3-12(4-6-14)19(25)27-2/h3-9H,1-2H3,(H,23,24)/b13-7+. The van der Waals surface area contributed by atoms with E-state index in [1.54, 1.807) is 0 Å². The number of anilines is 1. The molecule has 1 N–H and O–H groups in total. The fourth-order valence-electron chi connectivity index (χ4n) is 2.18. The van der Waals surface area contributed by atoms with E-state index in [0.717, 1.165) is 0 Å². The molecule has 0 aliphatic carbocycles. The Bertz CT molecular complexity index is 924. The van der Waals surface area contributed by atoms with Crippen LogP contribution in [0.5, 0.6) is 5.75 Å². The van der Waals surface area contributed by atoms with Crippen molar-refractivity contribution >= 4 is 46.8 Å². The summed E-state index contributed by atoms with van der Waals surface area (Å²) in [7, 11) is 2.71. The van der Waals surface area contributed by atoms with Gasteiger partial charge >= 0.3 is 5.97 Å². The van der Waals surface area contributed by atoms with E-state index in [1.807, 2.05) is 6.07 Å². The van der Waals surface area contributed by atoms with Gasteiger partial charge in [0.1, 0.15) is 11.6 Å². The number of hydrogen-bond donors (Lipinski definition) is 1. The lowest BCUT2D eigenvalue weighted by atomic mass is 10.1. The molecule has 2 aromatic rings. The number of nitrogens with one attached hydrogen (secondary N) is 1. The highest BCUT2D eigenvalue weighted by molar-refractivity contribution is 6.37. The van der Waals surface area contributed by atoms with Crippen molar-refractivity contribution in [2.24, 2.45) is 0 Å². The third-order valence-electron chi connectivity index (χ3n) is 3.46. The van der Waals surface area contributed by atoms with Crippen molar-refractivity contribution in [1.82, 2.24) is 0 Å². The molecule has 2 rings (SSSR count). The zero-order valence-corrected chi connectivity index (χ0v) is 15.9. The molecule has 2 aromatic carbocycles. The smallest absolute Gasteiger partial charge is 0.337 e. The number of ether oxygens (including phenoxy) is 2. The van der Waals surface area contributed by atoms with Gasteiger partial charge in [0.15, 0.2) is 5.75 Å². The zero-order chi connectivity index (χ0) is 20.0. The summed E-state index contributed by atoms with van der Waals surface area (Å²) in [4.78, 5) is 23.7. The van der Waals surface area contributed by atoms with E-state index in [2.05, 4.69) is 10.1 Å². The van der Waals surface area contributed by atoms with Crippen molar-refractivity contribution in [2.75, 3.05) is 19.5 Å². The molecule has 0 atom stereocenters. The van der Waals surface area contributed by atoms with Gasteiger partial charge in [-0.25, -0.2) is 4.79 Å². The van der Waals surface area contributed by atoms with Crippen LogP contribution >= 0.6 is 23.2 Å². The summed E-state index contributed by atoms with van der Waals surface area (Å²) in [5.74, 6) is -0.797. The lowest BCUT2D eigenvalue weighted by molar-refractivity contribution is -0.112. The fraction of sp³-hybridized carbons (Fsp3) is 0.105. The topological polar surface area (TPSA) is 88.4 Å². The first-order valence-electron chi connectivity index (χ1n) is 7.54. The van der Waals surface area contributed by atoms with Gasteiger partial charge in [0.2, 0.25) is 0 Å². The highest BCUT2D eigenvalue weighted by Gasteiger charge is 2.13. The Labute approximate surface area is 165 Å². The number of nitriles is 1. The van der Waals surface area contributed by atoms with E-state index in [0.29, 0.717) is 22.6 Å². The number of rotatable bonds is 5.